The van der Waals surface area contributed by atoms with Gasteiger partial charge in [-0.3, -0.25) is 0 Å². The minimum absolute atomic E-state index is 0.604. The van der Waals surface area contributed by atoms with Gasteiger partial charge in [0.05, 0.1) is 0 Å². The molecule has 1 aromatic rings. The Morgan fingerprint density at radius 3 is 2.84 bits per heavy atom. The molecule has 1 atom stereocenters. The van der Waals surface area contributed by atoms with E-state index in [9.17, 15) is 0 Å². The van der Waals surface area contributed by atoms with Crippen molar-refractivity contribution >= 4 is 11.6 Å². The Morgan fingerprint density at radius 2 is 2.11 bits per heavy atom. The Labute approximate surface area is 116 Å². The summed E-state index contributed by atoms with van der Waals surface area (Å²) in [5.41, 5.74) is 7.21. The van der Waals surface area contributed by atoms with Crippen LogP contribution in [0.5, 0.6) is 0 Å². The van der Waals surface area contributed by atoms with Gasteiger partial charge in [0.1, 0.15) is 18.0 Å². The molecule has 19 heavy (non-hydrogen) atoms. The maximum absolute atomic E-state index is 6.06. The Bertz CT molecular complexity index is 405. The van der Waals surface area contributed by atoms with Crippen molar-refractivity contribution in [3.63, 3.8) is 0 Å². The van der Waals surface area contributed by atoms with E-state index in [1.54, 1.807) is 6.33 Å². The molecule has 2 rings (SSSR count). The van der Waals surface area contributed by atoms with Crippen LogP contribution in [0, 0.1) is 0 Å². The fraction of sp³-hybridized carbons (Fsp3) is 0.733. The van der Waals surface area contributed by atoms with Gasteiger partial charge in [-0.15, -0.1) is 0 Å². The number of nitrogen functional groups attached to an aromatic ring is 1. The molecule has 0 radical (unpaired) electrons. The van der Waals surface area contributed by atoms with Crippen molar-refractivity contribution in [1.82, 2.24) is 9.97 Å². The summed E-state index contributed by atoms with van der Waals surface area (Å²) in [7, 11) is 0. The van der Waals surface area contributed by atoms with Gasteiger partial charge in [-0.25, -0.2) is 9.97 Å². The first-order valence-electron chi connectivity index (χ1n) is 7.63. The van der Waals surface area contributed by atoms with E-state index in [1.165, 1.54) is 32.1 Å². The minimum Gasteiger partial charge on any atom is -0.383 e. The largest absolute Gasteiger partial charge is 0.383 e. The molecule has 0 aliphatic carbocycles. The van der Waals surface area contributed by atoms with Crippen LogP contribution < -0.4 is 10.6 Å². The summed E-state index contributed by atoms with van der Waals surface area (Å²) in [4.78, 5) is 11.2. The maximum Gasteiger partial charge on any atom is 0.137 e. The monoisotopic (exact) mass is 262 g/mol. The SMILES string of the molecule is CCCc1c(N)ncnc1N1CCCCCC1CC. The molecule has 0 aromatic carbocycles. The third kappa shape index (κ3) is 3.17. The summed E-state index contributed by atoms with van der Waals surface area (Å²) in [6, 6.07) is 0.604. The van der Waals surface area contributed by atoms with Crippen LogP contribution in [-0.4, -0.2) is 22.6 Å². The lowest BCUT2D eigenvalue weighted by molar-refractivity contribution is 0.550. The molecule has 0 bridgehead atoms. The van der Waals surface area contributed by atoms with E-state index in [0.29, 0.717) is 11.9 Å². The van der Waals surface area contributed by atoms with Gasteiger partial charge in [0.15, 0.2) is 0 Å². The molecular weight excluding hydrogens is 236 g/mol. The summed E-state index contributed by atoms with van der Waals surface area (Å²) in [5, 5.41) is 0. The third-order valence-corrected chi connectivity index (χ3v) is 4.08. The van der Waals surface area contributed by atoms with Gasteiger partial charge in [0, 0.05) is 18.2 Å². The molecule has 1 aromatic heterocycles. The topological polar surface area (TPSA) is 55.0 Å². The summed E-state index contributed by atoms with van der Waals surface area (Å²) in [5.74, 6) is 1.74. The van der Waals surface area contributed by atoms with Gasteiger partial charge < -0.3 is 10.6 Å². The zero-order valence-electron chi connectivity index (χ0n) is 12.2. The molecule has 4 nitrogen and oxygen atoms in total. The Balaban J connectivity index is 2.34. The highest BCUT2D eigenvalue weighted by atomic mass is 15.2. The fourth-order valence-corrected chi connectivity index (χ4v) is 3.03. The standard InChI is InChI=1S/C15H26N4/c1-3-8-13-14(16)17-11-18-15(13)19-10-7-5-6-9-12(19)4-2/h11-12H,3-10H2,1-2H3,(H2,16,17,18). The lowest BCUT2D eigenvalue weighted by atomic mass is 10.1. The fourth-order valence-electron chi connectivity index (χ4n) is 3.03. The normalized spacial score (nSPS) is 20.3. The van der Waals surface area contributed by atoms with E-state index in [4.69, 9.17) is 5.73 Å². The van der Waals surface area contributed by atoms with Gasteiger partial charge >= 0.3 is 0 Å². The summed E-state index contributed by atoms with van der Waals surface area (Å²) in [6.45, 7) is 5.55. The molecule has 2 N–H and O–H groups in total. The second-order valence-electron chi connectivity index (χ2n) is 5.42. The van der Waals surface area contributed by atoms with Crippen molar-refractivity contribution in [3.8, 4) is 0 Å². The molecule has 1 saturated heterocycles. The number of hydrogen-bond donors (Lipinski definition) is 1. The molecule has 1 aliphatic heterocycles. The molecule has 106 valence electrons. The quantitative estimate of drug-likeness (QED) is 0.905. The molecule has 2 heterocycles. The van der Waals surface area contributed by atoms with Crippen LogP contribution in [0.2, 0.25) is 0 Å². The van der Waals surface area contributed by atoms with Crippen LogP contribution in [0.3, 0.4) is 0 Å². The predicted molar refractivity (Wildman–Crippen MR) is 80.3 cm³/mol. The van der Waals surface area contributed by atoms with E-state index < -0.39 is 0 Å². The van der Waals surface area contributed by atoms with E-state index in [2.05, 4.69) is 28.7 Å². The smallest absolute Gasteiger partial charge is 0.137 e. The summed E-state index contributed by atoms with van der Waals surface area (Å²) in [6.07, 6.45) is 10.0. The van der Waals surface area contributed by atoms with Crippen LogP contribution in [0.15, 0.2) is 6.33 Å². The lowest BCUT2D eigenvalue weighted by Crippen LogP contribution is -2.36. The van der Waals surface area contributed by atoms with Gasteiger partial charge in [0.25, 0.3) is 0 Å². The van der Waals surface area contributed by atoms with Gasteiger partial charge in [-0.2, -0.15) is 0 Å². The first-order valence-corrected chi connectivity index (χ1v) is 7.63. The van der Waals surface area contributed by atoms with Crippen LogP contribution in [0.1, 0.15) is 57.9 Å². The Morgan fingerprint density at radius 1 is 1.26 bits per heavy atom. The van der Waals surface area contributed by atoms with Crippen molar-refractivity contribution < 1.29 is 0 Å². The number of rotatable bonds is 4. The first-order chi connectivity index (χ1) is 9.27. The maximum atomic E-state index is 6.06. The van der Waals surface area contributed by atoms with E-state index >= 15 is 0 Å². The second kappa shape index (κ2) is 6.73. The highest BCUT2D eigenvalue weighted by molar-refractivity contribution is 5.57. The van der Waals surface area contributed by atoms with Gasteiger partial charge in [-0.05, 0) is 25.7 Å². The van der Waals surface area contributed by atoms with Crippen molar-refractivity contribution in [1.29, 1.82) is 0 Å². The molecule has 0 saturated carbocycles. The Kier molecular flexibility index (Phi) is 5.00. The number of aromatic nitrogens is 2. The molecule has 1 aliphatic rings. The summed E-state index contributed by atoms with van der Waals surface area (Å²) >= 11 is 0. The van der Waals surface area contributed by atoms with Crippen molar-refractivity contribution in [2.75, 3.05) is 17.2 Å². The van der Waals surface area contributed by atoms with Crippen LogP contribution in [0.25, 0.3) is 0 Å². The Hall–Kier alpha value is -1.32. The highest BCUT2D eigenvalue weighted by Crippen LogP contribution is 2.29. The average molecular weight is 262 g/mol. The van der Waals surface area contributed by atoms with E-state index in [1.807, 2.05) is 0 Å². The number of hydrogen-bond acceptors (Lipinski definition) is 4. The van der Waals surface area contributed by atoms with E-state index in [0.717, 1.165) is 30.8 Å². The molecule has 0 spiro atoms. The van der Waals surface area contributed by atoms with E-state index in [-0.39, 0.29) is 0 Å². The lowest BCUT2D eigenvalue weighted by Gasteiger charge is -2.32. The number of nitrogens with two attached hydrogens (primary N) is 1. The van der Waals surface area contributed by atoms with Crippen LogP contribution in [-0.2, 0) is 6.42 Å². The van der Waals surface area contributed by atoms with Gasteiger partial charge in [-0.1, -0.05) is 33.1 Å². The molecule has 0 amide bonds. The second-order valence-corrected chi connectivity index (χ2v) is 5.42. The highest BCUT2D eigenvalue weighted by Gasteiger charge is 2.23. The molecule has 4 heteroatoms. The van der Waals surface area contributed by atoms with Crippen LogP contribution >= 0.6 is 0 Å². The molecular formula is C15H26N4. The number of anilines is 2. The molecule has 1 unspecified atom stereocenters. The first kappa shape index (κ1) is 14.1. The van der Waals surface area contributed by atoms with Gasteiger partial charge in [0.2, 0.25) is 0 Å². The van der Waals surface area contributed by atoms with Crippen LogP contribution in [0.4, 0.5) is 11.6 Å². The predicted octanol–water partition coefficient (Wildman–Crippen LogP) is 3.17. The minimum atomic E-state index is 0.604. The molecule has 1 fully saturated rings. The average Bonchev–Trinajstić information content (AvgIpc) is 2.66. The zero-order valence-corrected chi connectivity index (χ0v) is 12.2. The van der Waals surface area contributed by atoms with Crippen molar-refractivity contribution in [2.24, 2.45) is 0 Å². The van der Waals surface area contributed by atoms with Crippen molar-refractivity contribution in [2.45, 2.75) is 64.8 Å². The zero-order chi connectivity index (χ0) is 13.7. The number of nitrogens with zero attached hydrogens (tertiary/aromatic N) is 3. The van der Waals surface area contributed by atoms with Crippen molar-refractivity contribution in [3.05, 3.63) is 11.9 Å². The third-order valence-electron chi connectivity index (χ3n) is 4.08. The summed E-state index contributed by atoms with van der Waals surface area (Å²) < 4.78 is 0.